The van der Waals surface area contributed by atoms with E-state index in [9.17, 15) is 9.59 Å². The van der Waals surface area contributed by atoms with Gasteiger partial charge in [0.2, 0.25) is 5.91 Å². The highest BCUT2D eigenvalue weighted by Gasteiger charge is 2.32. The van der Waals surface area contributed by atoms with Crippen molar-refractivity contribution in [1.82, 2.24) is 20.1 Å². The van der Waals surface area contributed by atoms with Crippen LogP contribution in [-0.4, -0.2) is 63.8 Å². The van der Waals surface area contributed by atoms with Crippen molar-refractivity contribution in [2.45, 2.75) is 39.7 Å². The molecule has 4 aromatic rings. The molecule has 0 radical (unpaired) electrons. The van der Waals surface area contributed by atoms with Crippen molar-refractivity contribution in [3.8, 4) is 10.8 Å². The number of rotatable bonds is 12. The summed E-state index contributed by atoms with van der Waals surface area (Å²) in [5, 5.41) is 22.0. The second kappa shape index (κ2) is 13.6. The number of fused-ring (bicyclic) bond motifs is 3. The van der Waals surface area contributed by atoms with Gasteiger partial charge in [-0.1, -0.05) is 23.7 Å². The second-order valence-electron chi connectivity index (χ2n) is 10.4. The van der Waals surface area contributed by atoms with Gasteiger partial charge in [0, 0.05) is 32.8 Å². The maximum atomic E-state index is 13.2. The van der Waals surface area contributed by atoms with Crippen LogP contribution in [0.1, 0.15) is 51.2 Å². The third-order valence-corrected chi connectivity index (χ3v) is 8.62. The molecule has 1 aliphatic heterocycles. The maximum absolute atomic E-state index is 13.2. The van der Waals surface area contributed by atoms with Gasteiger partial charge in [-0.15, -0.1) is 21.5 Å². The molecule has 0 unspecified atom stereocenters. The van der Waals surface area contributed by atoms with Gasteiger partial charge in [-0.2, -0.15) is 0 Å². The summed E-state index contributed by atoms with van der Waals surface area (Å²) in [7, 11) is 0. The fourth-order valence-corrected chi connectivity index (χ4v) is 6.34. The zero-order valence-corrected chi connectivity index (χ0v) is 26.2. The molecule has 230 valence electrons. The van der Waals surface area contributed by atoms with Crippen LogP contribution in [0.5, 0.6) is 5.75 Å². The molecule has 5 rings (SSSR count). The van der Waals surface area contributed by atoms with Crippen LogP contribution in [0.15, 0.2) is 47.5 Å². The molecule has 1 atom stereocenters. The van der Waals surface area contributed by atoms with Gasteiger partial charge in [0.05, 0.1) is 25.3 Å². The Kier molecular flexibility index (Phi) is 9.62. The largest absolute Gasteiger partial charge is 0.492 e. The Hall–Kier alpha value is -4.26. The van der Waals surface area contributed by atoms with E-state index in [4.69, 9.17) is 36.9 Å². The van der Waals surface area contributed by atoms with Crippen molar-refractivity contribution in [2.24, 2.45) is 4.99 Å². The van der Waals surface area contributed by atoms with E-state index >= 15 is 0 Å². The van der Waals surface area contributed by atoms with Gasteiger partial charge in [0.15, 0.2) is 5.82 Å². The molecular weight excluding hydrogens is 604 g/mol. The highest BCUT2D eigenvalue weighted by atomic mass is 35.5. The number of hydrogen-bond donors (Lipinski definition) is 3. The fourth-order valence-electron chi connectivity index (χ4n) is 5.00. The number of aromatic nitrogens is 3. The molecule has 13 heteroatoms. The third-order valence-electron chi connectivity index (χ3n) is 7.18. The molecule has 11 nitrogen and oxygen atoms in total. The molecule has 0 bridgehead atoms. The predicted octanol–water partition coefficient (Wildman–Crippen LogP) is 4.61. The van der Waals surface area contributed by atoms with Gasteiger partial charge in [-0.05, 0) is 62.6 Å². The summed E-state index contributed by atoms with van der Waals surface area (Å²) in [4.78, 5) is 30.1. The number of aryl methyl sites for hydroxylation is 2. The Bertz CT molecular complexity index is 1720. The number of aliphatic carboxylic acids is 1. The van der Waals surface area contributed by atoms with Crippen molar-refractivity contribution in [3.63, 3.8) is 0 Å². The minimum atomic E-state index is -1.02. The molecular formula is C31H33ClN6O5S. The number of carbonyl (C=O) groups is 2. The number of anilines is 1. The minimum Gasteiger partial charge on any atom is -0.492 e. The summed E-state index contributed by atoms with van der Waals surface area (Å²) < 4.78 is 13.0. The van der Waals surface area contributed by atoms with Gasteiger partial charge < -0.3 is 25.6 Å². The first-order valence-corrected chi connectivity index (χ1v) is 15.2. The highest BCUT2D eigenvalue weighted by molar-refractivity contribution is 7.15. The van der Waals surface area contributed by atoms with Crippen LogP contribution in [0.25, 0.3) is 5.00 Å². The van der Waals surface area contributed by atoms with Crippen LogP contribution < -0.4 is 15.8 Å². The number of carbonyl (C=O) groups excluding carboxylic acids is 1. The van der Waals surface area contributed by atoms with Crippen LogP contribution in [0.4, 0.5) is 5.69 Å². The van der Waals surface area contributed by atoms with Crippen LogP contribution >= 0.6 is 22.9 Å². The summed E-state index contributed by atoms with van der Waals surface area (Å²) in [5.74, 6) is 0.667. The summed E-state index contributed by atoms with van der Waals surface area (Å²) in [6.07, 6.45) is 0.558. The topological polar surface area (TPSA) is 154 Å². The smallest absolute Gasteiger partial charge is 0.329 e. The van der Waals surface area contributed by atoms with E-state index in [0.717, 1.165) is 38.8 Å². The standard InChI is InChI=1S/C31H33ClN6O5S/c1-17-18(2)44-31-28(17)29(21-4-6-22(32)7-5-21)35-25(30-37-36-19(3)38(30)31)15-26(39)34-9-11-43-24-13-20(12-23(33)14-24)8-10-42-16-27(40)41/h4-7,12-14,25H,8-11,15-16,33H2,1-3H3,(H,34,39)(H,40,41)/t25-/m0/s1. The van der Waals surface area contributed by atoms with E-state index in [0.29, 0.717) is 28.7 Å². The number of aliphatic imine (C=N–C) groups is 1. The molecule has 1 aliphatic rings. The molecule has 0 aliphatic carbocycles. The number of nitrogens with zero attached hydrogens (tertiary/aromatic N) is 4. The quantitative estimate of drug-likeness (QED) is 0.150. The Morgan fingerprint density at radius 2 is 1.89 bits per heavy atom. The summed E-state index contributed by atoms with van der Waals surface area (Å²) in [6.45, 7) is 6.45. The first kappa shape index (κ1) is 31.2. The van der Waals surface area contributed by atoms with E-state index in [1.165, 1.54) is 4.88 Å². The average Bonchev–Trinajstić information content (AvgIpc) is 3.45. The summed E-state index contributed by atoms with van der Waals surface area (Å²) in [5.41, 5.74) is 11.2. The maximum Gasteiger partial charge on any atom is 0.329 e. The van der Waals surface area contributed by atoms with Crippen molar-refractivity contribution in [2.75, 3.05) is 32.1 Å². The molecule has 2 aromatic carbocycles. The minimum absolute atomic E-state index is 0.0704. The third kappa shape index (κ3) is 7.09. The van der Waals surface area contributed by atoms with Crippen molar-refractivity contribution in [3.05, 3.63) is 86.3 Å². The lowest BCUT2D eigenvalue weighted by Crippen LogP contribution is -2.29. The van der Waals surface area contributed by atoms with Gasteiger partial charge in [-0.3, -0.25) is 14.4 Å². The number of carboxylic acid groups (broad SMARTS) is 1. The average molecular weight is 637 g/mol. The SMILES string of the molecule is Cc1sc2c(c1C)C(c1ccc(Cl)cc1)=N[C@@H](CC(=O)NCCOc1cc(N)cc(CCOCC(=O)O)c1)c1nnc(C)n1-2. The Labute approximate surface area is 263 Å². The first-order valence-electron chi connectivity index (χ1n) is 14.1. The number of nitrogens with one attached hydrogen (secondary N) is 1. The fraction of sp³-hybridized carbons (Fsp3) is 0.323. The van der Waals surface area contributed by atoms with Gasteiger partial charge >= 0.3 is 5.97 Å². The number of halogens is 1. The zero-order chi connectivity index (χ0) is 31.4. The zero-order valence-electron chi connectivity index (χ0n) is 24.6. The van der Waals surface area contributed by atoms with Gasteiger partial charge in [-0.25, -0.2) is 4.79 Å². The number of benzene rings is 2. The van der Waals surface area contributed by atoms with E-state index in [1.54, 1.807) is 23.5 Å². The number of carboxylic acids is 1. The molecule has 0 fully saturated rings. The van der Waals surface area contributed by atoms with Crippen LogP contribution in [-0.2, 0) is 20.7 Å². The second-order valence-corrected chi connectivity index (χ2v) is 12.1. The van der Waals surface area contributed by atoms with E-state index in [-0.39, 0.29) is 38.7 Å². The lowest BCUT2D eigenvalue weighted by atomic mass is 9.99. The molecule has 1 amide bonds. The normalized spacial score (nSPS) is 13.9. The number of nitrogens with two attached hydrogens (primary N) is 1. The lowest BCUT2D eigenvalue weighted by molar-refractivity contribution is -0.142. The number of hydrogen-bond acceptors (Lipinski definition) is 9. The Balaban J connectivity index is 1.28. The van der Waals surface area contributed by atoms with Crippen molar-refractivity contribution in [1.29, 1.82) is 0 Å². The molecule has 0 saturated carbocycles. The van der Waals surface area contributed by atoms with Gasteiger partial charge in [0.1, 0.15) is 35.8 Å². The van der Waals surface area contributed by atoms with E-state index in [1.807, 2.05) is 41.8 Å². The van der Waals surface area contributed by atoms with Crippen LogP contribution in [0.3, 0.4) is 0 Å². The number of thiophene rings is 1. The molecule has 44 heavy (non-hydrogen) atoms. The van der Waals surface area contributed by atoms with Gasteiger partial charge in [0.25, 0.3) is 0 Å². The molecule has 0 spiro atoms. The molecule has 3 heterocycles. The molecule has 4 N–H and O–H groups in total. The van der Waals surface area contributed by atoms with Crippen molar-refractivity contribution < 1.29 is 24.2 Å². The monoisotopic (exact) mass is 636 g/mol. The van der Waals surface area contributed by atoms with Crippen LogP contribution in [0, 0.1) is 20.8 Å². The predicted molar refractivity (Wildman–Crippen MR) is 169 cm³/mol. The summed E-state index contributed by atoms with van der Waals surface area (Å²) >= 11 is 7.85. The Morgan fingerprint density at radius 1 is 1.11 bits per heavy atom. The van der Waals surface area contributed by atoms with Crippen LogP contribution in [0.2, 0.25) is 5.02 Å². The van der Waals surface area contributed by atoms with Crippen molar-refractivity contribution >= 4 is 46.2 Å². The molecule has 2 aromatic heterocycles. The van der Waals surface area contributed by atoms with E-state index < -0.39 is 12.0 Å². The first-order chi connectivity index (χ1) is 21.1. The highest BCUT2D eigenvalue weighted by Crippen LogP contribution is 2.39. The lowest BCUT2D eigenvalue weighted by Gasteiger charge is -2.14. The Morgan fingerprint density at radius 3 is 2.64 bits per heavy atom. The van der Waals surface area contributed by atoms with E-state index in [2.05, 4.69) is 29.4 Å². The number of amides is 1. The number of ether oxygens (including phenoxy) is 2. The molecule has 0 saturated heterocycles. The number of nitrogen functional groups attached to an aromatic ring is 1. The summed E-state index contributed by atoms with van der Waals surface area (Å²) in [6, 6.07) is 12.3.